The Hall–Kier alpha value is -0.0800. The van der Waals surface area contributed by atoms with E-state index in [1.807, 2.05) is 0 Å². The monoisotopic (exact) mass is 240 g/mol. The Kier molecular flexibility index (Phi) is 5.03. The quantitative estimate of drug-likeness (QED) is 0.770. The van der Waals surface area contributed by atoms with Crippen molar-refractivity contribution in [2.45, 2.75) is 84.3 Å². The van der Waals surface area contributed by atoms with Crippen LogP contribution < -0.4 is 10.6 Å². The summed E-state index contributed by atoms with van der Waals surface area (Å²) in [6.07, 6.45) is 5.10. The van der Waals surface area contributed by atoms with Gasteiger partial charge in [0.25, 0.3) is 0 Å². The second kappa shape index (κ2) is 5.71. The van der Waals surface area contributed by atoms with Crippen LogP contribution in [-0.2, 0) is 0 Å². The highest BCUT2D eigenvalue weighted by Gasteiger charge is 2.37. The smallest absolute Gasteiger partial charge is 0.0144 e. The summed E-state index contributed by atoms with van der Waals surface area (Å²) in [6.45, 7) is 15.1. The Bertz CT molecular complexity index is 217. The molecule has 0 amide bonds. The van der Waals surface area contributed by atoms with E-state index >= 15 is 0 Å². The van der Waals surface area contributed by atoms with Crippen molar-refractivity contribution in [2.24, 2.45) is 5.92 Å². The molecule has 1 atom stereocenters. The first-order chi connectivity index (χ1) is 7.74. The third-order valence-electron chi connectivity index (χ3n) is 3.73. The summed E-state index contributed by atoms with van der Waals surface area (Å²) in [6, 6.07) is 0.667. The van der Waals surface area contributed by atoms with Crippen LogP contribution in [0.4, 0.5) is 0 Å². The molecule has 0 spiro atoms. The molecular weight excluding hydrogens is 208 g/mol. The lowest BCUT2D eigenvalue weighted by Crippen LogP contribution is -2.61. The van der Waals surface area contributed by atoms with Gasteiger partial charge in [0, 0.05) is 17.1 Å². The van der Waals surface area contributed by atoms with Crippen molar-refractivity contribution in [1.29, 1.82) is 0 Å². The van der Waals surface area contributed by atoms with Gasteiger partial charge < -0.3 is 10.6 Å². The average Bonchev–Trinajstić information content (AvgIpc) is 2.10. The lowest BCUT2D eigenvalue weighted by Gasteiger charge is -2.47. The Morgan fingerprint density at radius 2 is 1.71 bits per heavy atom. The zero-order valence-corrected chi connectivity index (χ0v) is 12.7. The van der Waals surface area contributed by atoms with Gasteiger partial charge in [0.1, 0.15) is 0 Å². The maximum atomic E-state index is 3.78. The minimum absolute atomic E-state index is 0.257. The predicted molar refractivity (Wildman–Crippen MR) is 76.4 cm³/mol. The number of nitrogens with one attached hydrogen (secondary N) is 2. The van der Waals surface area contributed by atoms with Crippen molar-refractivity contribution in [1.82, 2.24) is 10.6 Å². The van der Waals surface area contributed by atoms with Crippen molar-refractivity contribution in [3.8, 4) is 0 Å². The van der Waals surface area contributed by atoms with Crippen molar-refractivity contribution in [3.63, 3.8) is 0 Å². The number of piperidine rings is 1. The molecule has 0 saturated carbocycles. The minimum atomic E-state index is 0.257. The third kappa shape index (κ3) is 5.39. The van der Waals surface area contributed by atoms with Gasteiger partial charge in [0.15, 0.2) is 0 Å². The highest BCUT2D eigenvalue weighted by Crippen LogP contribution is 2.28. The Labute approximate surface area is 108 Å². The molecule has 1 heterocycles. The molecule has 0 aromatic heterocycles. The zero-order chi connectivity index (χ0) is 13.1. The first-order valence-electron chi connectivity index (χ1n) is 7.27. The van der Waals surface area contributed by atoms with Gasteiger partial charge in [-0.25, -0.2) is 0 Å². The van der Waals surface area contributed by atoms with E-state index < -0.39 is 0 Å². The van der Waals surface area contributed by atoms with Crippen molar-refractivity contribution >= 4 is 0 Å². The second-order valence-corrected chi connectivity index (χ2v) is 7.30. The lowest BCUT2D eigenvalue weighted by molar-refractivity contribution is 0.143. The van der Waals surface area contributed by atoms with Crippen LogP contribution in [0.1, 0.15) is 67.2 Å². The first-order valence-corrected chi connectivity index (χ1v) is 7.27. The molecule has 1 fully saturated rings. The summed E-state index contributed by atoms with van der Waals surface area (Å²) in [5.41, 5.74) is 0.515. The summed E-state index contributed by atoms with van der Waals surface area (Å²) < 4.78 is 0. The van der Waals surface area contributed by atoms with Crippen molar-refractivity contribution < 1.29 is 0 Å². The van der Waals surface area contributed by atoms with E-state index in [0.717, 1.165) is 5.92 Å². The van der Waals surface area contributed by atoms with Gasteiger partial charge in [0.2, 0.25) is 0 Å². The molecular formula is C15H32N2. The molecule has 1 aliphatic rings. The molecule has 0 aromatic rings. The van der Waals surface area contributed by atoms with Crippen LogP contribution in [0.2, 0.25) is 0 Å². The molecule has 1 rings (SSSR count). The summed E-state index contributed by atoms with van der Waals surface area (Å²) in [4.78, 5) is 0. The molecule has 2 N–H and O–H groups in total. The fourth-order valence-electron chi connectivity index (χ4n) is 3.43. The van der Waals surface area contributed by atoms with E-state index in [2.05, 4.69) is 52.2 Å². The molecule has 0 aromatic carbocycles. The normalized spacial score (nSPS) is 25.8. The molecule has 1 saturated heterocycles. The Morgan fingerprint density at radius 1 is 1.18 bits per heavy atom. The zero-order valence-electron chi connectivity index (χ0n) is 12.7. The first kappa shape index (κ1) is 15.0. The molecule has 0 aliphatic carbocycles. The van der Waals surface area contributed by atoms with Gasteiger partial charge in [-0.2, -0.15) is 0 Å². The van der Waals surface area contributed by atoms with Gasteiger partial charge in [-0.15, -0.1) is 0 Å². The van der Waals surface area contributed by atoms with Crippen molar-refractivity contribution in [2.75, 3.05) is 6.54 Å². The van der Waals surface area contributed by atoms with Crippen LogP contribution in [0.3, 0.4) is 0 Å². The largest absolute Gasteiger partial charge is 0.314 e. The van der Waals surface area contributed by atoms with Crippen LogP contribution in [0.25, 0.3) is 0 Å². The molecule has 17 heavy (non-hydrogen) atoms. The SMILES string of the molecule is CCCC(C)CNC1CC(C)(C)NC(C)(C)C1. The topological polar surface area (TPSA) is 24.1 Å². The summed E-state index contributed by atoms with van der Waals surface area (Å²) in [5, 5.41) is 7.51. The van der Waals surface area contributed by atoms with Crippen LogP contribution in [0.15, 0.2) is 0 Å². The molecule has 2 nitrogen and oxygen atoms in total. The van der Waals surface area contributed by atoms with Gasteiger partial charge in [0.05, 0.1) is 0 Å². The van der Waals surface area contributed by atoms with E-state index in [-0.39, 0.29) is 11.1 Å². The summed E-state index contributed by atoms with van der Waals surface area (Å²) in [7, 11) is 0. The van der Waals surface area contributed by atoms with Crippen LogP contribution in [-0.4, -0.2) is 23.7 Å². The van der Waals surface area contributed by atoms with E-state index in [9.17, 15) is 0 Å². The Morgan fingerprint density at radius 3 is 2.18 bits per heavy atom. The molecule has 0 radical (unpaired) electrons. The molecule has 1 unspecified atom stereocenters. The molecule has 0 bridgehead atoms. The summed E-state index contributed by atoms with van der Waals surface area (Å²) >= 11 is 0. The van der Waals surface area contributed by atoms with E-state index in [1.165, 1.54) is 32.2 Å². The molecule has 2 heteroatoms. The fourth-order valence-corrected chi connectivity index (χ4v) is 3.43. The van der Waals surface area contributed by atoms with E-state index in [0.29, 0.717) is 6.04 Å². The van der Waals surface area contributed by atoms with Gasteiger partial charge >= 0.3 is 0 Å². The fraction of sp³-hybridized carbons (Fsp3) is 1.00. The highest BCUT2D eigenvalue weighted by atomic mass is 15.1. The predicted octanol–water partition coefficient (Wildman–Crippen LogP) is 3.32. The highest BCUT2D eigenvalue weighted by molar-refractivity contribution is 4.99. The molecule has 102 valence electrons. The van der Waals surface area contributed by atoms with Gasteiger partial charge in [-0.3, -0.25) is 0 Å². The minimum Gasteiger partial charge on any atom is -0.314 e. The number of rotatable bonds is 5. The number of hydrogen-bond acceptors (Lipinski definition) is 2. The maximum absolute atomic E-state index is 3.78. The van der Waals surface area contributed by atoms with E-state index in [1.54, 1.807) is 0 Å². The second-order valence-electron chi connectivity index (χ2n) is 7.30. The Balaban J connectivity index is 2.43. The standard InChI is InChI=1S/C15H32N2/c1-7-8-12(2)11-16-13-9-14(3,4)17-15(5,6)10-13/h12-13,16-17H,7-11H2,1-6H3. The van der Waals surface area contributed by atoms with Crippen LogP contribution in [0, 0.1) is 5.92 Å². The number of hydrogen-bond donors (Lipinski definition) is 2. The van der Waals surface area contributed by atoms with Gasteiger partial charge in [-0.1, -0.05) is 20.3 Å². The van der Waals surface area contributed by atoms with E-state index in [4.69, 9.17) is 0 Å². The van der Waals surface area contributed by atoms with Crippen molar-refractivity contribution in [3.05, 3.63) is 0 Å². The van der Waals surface area contributed by atoms with Crippen LogP contribution in [0.5, 0.6) is 0 Å². The van der Waals surface area contributed by atoms with Gasteiger partial charge in [-0.05, 0) is 59.4 Å². The lowest BCUT2D eigenvalue weighted by atomic mass is 9.79. The maximum Gasteiger partial charge on any atom is 0.0144 e. The third-order valence-corrected chi connectivity index (χ3v) is 3.73. The average molecular weight is 240 g/mol. The molecule has 1 aliphatic heterocycles. The summed E-state index contributed by atoms with van der Waals surface area (Å²) in [5.74, 6) is 0.807. The van der Waals surface area contributed by atoms with Crippen LogP contribution >= 0.6 is 0 Å².